The first-order valence-corrected chi connectivity index (χ1v) is 17.3. The number of piperidine rings is 2. The SMILES string of the molecule is CC1(C)CCCC(C)(C)[N-]1.CC1(C)CCCC(C)(C)[N-]1.Cc1ccnc(Cl)c1[N+](=O)[O-].O=[N+]([O-])c1[c-]cccc1Cl.O=[N+]([O-])c1cccnc1Cl.[Cl-].[Cl-].[Cl-].[Cl-].[Mg+2].[Mg+2].[Zn+2].[Zn]. The van der Waals surface area contributed by atoms with Crippen LogP contribution in [-0.4, -0.2) is 93.0 Å². The molecule has 24 heteroatoms. The maximum Gasteiger partial charge on any atom is 2.00 e. The fraction of sp³-hybridized carbons (Fsp3) is 0.543. The maximum absolute atomic E-state index is 10.3. The summed E-state index contributed by atoms with van der Waals surface area (Å²) in [6, 6.07) is 11.2. The Morgan fingerprint density at radius 1 is 0.644 bits per heavy atom. The molecule has 2 aliphatic heterocycles. The third kappa shape index (κ3) is 31.9. The van der Waals surface area contributed by atoms with Crippen LogP contribution < -0.4 is 49.6 Å². The topological polar surface area (TPSA) is 183 Å². The van der Waals surface area contributed by atoms with Crippen LogP contribution in [0, 0.1) is 43.3 Å². The van der Waals surface area contributed by atoms with Gasteiger partial charge in [0.05, 0.1) is 9.85 Å². The number of aryl methyl sites for hydroxylation is 1. The third-order valence-corrected chi connectivity index (χ3v) is 8.41. The van der Waals surface area contributed by atoms with Crippen LogP contribution in [0.25, 0.3) is 10.6 Å². The number of hydrogen-bond donors (Lipinski definition) is 0. The molecule has 2 fully saturated rings. The second-order valence-corrected chi connectivity index (χ2v) is 15.5. The zero-order chi connectivity index (χ0) is 39.2. The first kappa shape index (κ1) is 76.7. The minimum atomic E-state index is -0.574. The summed E-state index contributed by atoms with van der Waals surface area (Å²) in [5.74, 6) is 0. The van der Waals surface area contributed by atoms with Gasteiger partial charge < -0.3 is 60.3 Å². The largest absolute Gasteiger partial charge is 2.00 e. The van der Waals surface area contributed by atoms with Gasteiger partial charge in [-0.05, 0) is 19.1 Å². The van der Waals surface area contributed by atoms with E-state index >= 15 is 0 Å². The van der Waals surface area contributed by atoms with Crippen molar-refractivity contribution in [2.75, 3.05) is 0 Å². The van der Waals surface area contributed by atoms with Gasteiger partial charge in [-0.25, -0.2) is 9.97 Å². The standard InChI is InChI=1S/2C9H18N.C6H5ClN2O2.C6H3ClNO2.C5H3ClN2O2.4ClH.2Mg.2Zn/c2*1-8(2)6-5-7-9(3,4)10-8;1-4-2-3-8-6(7)5(4)9(10)11;7-5-3-1-2-4-6(5)8(9)10;6-5-4(8(9)10)2-1-3-7-5;;;;;;;;/h2*5-7H2,1-4H3;2-3H,1H3;2*1-3H;4*1H;;;;/q2*-1;;-1;;;;;;2*+2;;+2/p-4. The monoisotopic (exact) mass is 1080 g/mol. The van der Waals surface area contributed by atoms with Gasteiger partial charge in [0.2, 0.25) is 10.3 Å². The molecule has 5 rings (SSSR count). The number of para-hydroxylation sites is 1. The van der Waals surface area contributed by atoms with Crippen molar-refractivity contribution in [3.63, 3.8) is 0 Å². The van der Waals surface area contributed by atoms with Gasteiger partial charge in [0.1, 0.15) is 0 Å². The number of hydrogen-bond acceptors (Lipinski definition) is 8. The van der Waals surface area contributed by atoms with Gasteiger partial charge in [0.15, 0.2) is 5.69 Å². The number of nitro benzene ring substituents is 1. The molecule has 0 spiro atoms. The van der Waals surface area contributed by atoms with E-state index in [0.717, 1.165) is 0 Å². The Kier molecular flexibility index (Phi) is 46.5. The van der Waals surface area contributed by atoms with E-state index in [-0.39, 0.29) is 189 Å². The number of rotatable bonds is 3. The van der Waals surface area contributed by atoms with E-state index in [1.54, 1.807) is 19.1 Å². The number of aromatic nitrogens is 2. The van der Waals surface area contributed by atoms with Crippen molar-refractivity contribution in [2.45, 2.75) is 123 Å². The van der Waals surface area contributed by atoms with Crippen LogP contribution in [0.1, 0.15) is 99.5 Å². The van der Waals surface area contributed by atoms with Crippen LogP contribution in [0.2, 0.25) is 15.3 Å². The van der Waals surface area contributed by atoms with E-state index in [0.29, 0.717) is 5.56 Å². The predicted octanol–water partition coefficient (Wildman–Crippen LogP) is -0.905. The van der Waals surface area contributed by atoms with Gasteiger partial charge in [-0.3, -0.25) is 30.3 Å². The van der Waals surface area contributed by atoms with Crippen LogP contribution >= 0.6 is 34.8 Å². The van der Waals surface area contributed by atoms with Crippen molar-refractivity contribution in [2.24, 2.45) is 0 Å². The third-order valence-electron chi connectivity index (χ3n) is 7.53. The Balaban J connectivity index is -0.0000000889. The van der Waals surface area contributed by atoms with E-state index in [9.17, 15) is 30.3 Å². The Bertz CT molecular complexity index is 1520. The minimum Gasteiger partial charge on any atom is -1.00 e. The Morgan fingerprint density at radius 2 is 1.05 bits per heavy atom. The molecule has 59 heavy (non-hydrogen) atoms. The first-order valence-electron chi connectivity index (χ1n) is 16.2. The van der Waals surface area contributed by atoms with Gasteiger partial charge in [0.25, 0.3) is 0 Å². The molecule has 2 saturated heterocycles. The summed E-state index contributed by atoms with van der Waals surface area (Å²) in [5.41, 5.74) is 1.02. The van der Waals surface area contributed by atoms with E-state index in [2.05, 4.69) is 71.4 Å². The molecular weight excluding hydrogens is 1040 g/mol. The second kappa shape index (κ2) is 35.8. The van der Waals surface area contributed by atoms with Crippen molar-refractivity contribution >= 4 is 98.0 Å². The van der Waals surface area contributed by atoms with Gasteiger partial charge >= 0.3 is 77.0 Å². The summed E-state index contributed by atoms with van der Waals surface area (Å²) in [6.07, 6.45) is 10.5. The fourth-order valence-electron chi connectivity index (χ4n) is 5.57. The minimum absolute atomic E-state index is 0. The molecule has 0 saturated carbocycles. The fourth-order valence-corrected chi connectivity index (χ4v) is 6.23. The smallest absolute Gasteiger partial charge is 1.00 e. The van der Waals surface area contributed by atoms with Gasteiger partial charge in [-0.15, -0.1) is 28.2 Å². The normalized spacial score (nSPS) is 15.1. The number of halogens is 7. The summed E-state index contributed by atoms with van der Waals surface area (Å²) in [6.45, 7) is 19.5. The molecule has 316 valence electrons. The molecule has 0 bridgehead atoms. The number of nitrogens with zero attached hydrogens (tertiary/aromatic N) is 7. The maximum atomic E-state index is 10.3. The van der Waals surface area contributed by atoms with Crippen LogP contribution in [0.3, 0.4) is 0 Å². The van der Waals surface area contributed by atoms with Crippen LogP contribution in [0.4, 0.5) is 17.1 Å². The number of pyridine rings is 2. The molecule has 0 amide bonds. The predicted molar refractivity (Wildman–Crippen MR) is 216 cm³/mol. The molecular formula is C35H47Cl7Mg2N7O6Zn2-. The quantitative estimate of drug-likeness (QED) is 0.106. The summed E-state index contributed by atoms with van der Waals surface area (Å²) in [4.78, 5) is 36.0. The molecule has 0 atom stereocenters. The van der Waals surface area contributed by atoms with Gasteiger partial charge in [-0.2, -0.15) is 23.7 Å². The number of nitro groups is 3. The van der Waals surface area contributed by atoms with Crippen molar-refractivity contribution < 1.29 is 103 Å². The zero-order valence-corrected chi connectivity index (χ0v) is 49.0. The van der Waals surface area contributed by atoms with Crippen molar-refractivity contribution in [1.29, 1.82) is 0 Å². The Labute approximate surface area is 446 Å². The van der Waals surface area contributed by atoms with Crippen molar-refractivity contribution in [3.05, 3.63) is 117 Å². The second-order valence-electron chi connectivity index (χ2n) is 14.4. The molecule has 3 aromatic rings. The van der Waals surface area contributed by atoms with Crippen LogP contribution in [0.15, 0.2) is 48.8 Å². The van der Waals surface area contributed by atoms with Crippen LogP contribution in [-0.2, 0) is 39.0 Å². The molecule has 13 nitrogen and oxygen atoms in total. The summed E-state index contributed by atoms with van der Waals surface area (Å²) in [5, 5.41) is 40.0. The van der Waals surface area contributed by atoms with Crippen molar-refractivity contribution in [1.82, 2.24) is 9.97 Å². The average Bonchev–Trinajstić information content (AvgIpc) is 2.96. The Hall–Kier alpha value is 0.449. The van der Waals surface area contributed by atoms with Gasteiger partial charge in [-0.1, -0.05) is 123 Å². The van der Waals surface area contributed by atoms with Crippen LogP contribution in [0.5, 0.6) is 0 Å². The molecule has 0 N–H and O–H groups in total. The molecule has 4 heterocycles. The van der Waals surface area contributed by atoms with E-state index < -0.39 is 14.8 Å². The molecule has 0 radical (unpaired) electrons. The molecule has 2 aromatic heterocycles. The van der Waals surface area contributed by atoms with E-state index in [1.807, 2.05) is 0 Å². The summed E-state index contributed by atoms with van der Waals surface area (Å²) < 4.78 is 0. The van der Waals surface area contributed by atoms with Crippen molar-refractivity contribution in [3.8, 4) is 0 Å². The van der Waals surface area contributed by atoms with E-state index in [1.165, 1.54) is 75.2 Å². The first-order chi connectivity index (χ1) is 23.4. The molecule has 0 unspecified atom stereocenters. The molecule has 0 aliphatic carbocycles. The zero-order valence-electron chi connectivity index (χ0n) is 34.9. The van der Waals surface area contributed by atoms with E-state index in [4.69, 9.17) is 45.4 Å². The van der Waals surface area contributed by atoms with Gasteiger partial charge in [0, 0.05) is 53.4 Å². The Morgan fingerprint density at radius 3 is 1.29 bits per heavy atom. The average molecular weight is 1090 g/mol. The molecule has 1 aromatic carbocycles. The summed E-state index contributed by atoms with van der Waals surface area (Å²) >= 11 is 16.3. The molecule has 2 aliphatic rings. The summed E-state index contributed by atoms with van der Waals surface area (Å²) in [7, 11) is 0. The number of benzene rings is 1.